The Kier molecular flexibility index (Phi) is 6.59. The molecule has 1 atom stereocenters. The lowest BCUT2D eigenvalue weighted by molar-refractivity contribution is -0.136. The van der Waals surface area contributed by atoms with Crippen molar-refractivity contribution in [2.24, 2.45) is 5.92 Å². The van der Waals surface area contributed by atoms with E-state index in [1.54, 1.807) is 34.1 Å². The number of nitrogens with zero attached hydrogens (tertiary/aromatic N) is 2. The van der Waals surface area contributed by atoms with Crippen LogP contribution in [-0.2, 0) is 19.6 Å². The number of aryl methyl sites for hydroxylation is 3. The fourth-order valence-corrected chi connectivity index (χ4v) is 5.80. The summed E-state index contributed by atoms with van der Waals surface area (Å²) in [5.74, 6) is -0.410. The van der Waals surface area contributed by atoms with Crippen molar-refractivity contribution in [2.75, 3.05) is 24.5 Å². The molecule has 1 N–H and O–H groups in total. The summed E-state index contributed by atoms with van der Waals surface area (Å²) in [6.07, 6.45) is 1.32. The van der Waals surface area contributed by atoms with E-state index < -0.39 is 10.0 Å². The molecule has 0 aliphatic carbocycles. The lowest BCUT2D eigenvalue weighted by Crippen LogP contribution is -2.48. The van der Waals surface area contributed by atoms with Gasteiger partial charge in [0, 0.05) is 37.8 Å². The highest BCUT2D eigenvalue weighted by atomic mass is 32.2. The molecule has 176 valence electrons. The SMILES string of the molecule is Cc1ccc(S(=O)(=O)NC2CCN(C(=O)[C@H]3CC(=O)N(c4ccc(C)c(C)c4)C3)CC2)cc1. The number of nitrogens with one attached hydrogen (secondary N) is 1. The van der Waals surface area contributed by atoms with Crippen LogP contribution in [0, 0.1) is 26.7 Å². The first-order valence-corrected chi connectivity index (χ1v) is 12.9. The minimum atomic E-state index is -3.59. The molecule has 2 fully saturated rings. The third kappa shape index (κ3) is 5.12. The quantitative estimate of drug-likeness (QED) is 0.730. The van der Waals surface area contributed by atoms with Gasteiger partial charge in [0.05, 0.1) is 10.8 Å². The summed E-state index contributed by atoms with van der Waals surface area (Å²) in [7, 11) is -3.59. The van der Waals surface area contributed by atoms with E-state index in [2.05, 4.69) is 4.72 Å². The largest absolute Gasteiger partial charge is 0.342 e. The molecule has 2 aromatic carbocycles. The number of carbonyl (C=O) groups excluding carboxylic acids is 2. The van der Waals surface area contributed by atoms with Crippen molar-refractivity contribution in [1.82, 2.24) is 9.62 Å². The van der Waals surface area contributed by atoms with Crippen LogP contribution in [0.25, 0.3) is 0 Å². The van der Waals surface area contributed by atoms with E-state index >= 15 is 0 Å². The molecule has 0 unspecified atom stereocenters. The van der Waals surface area contributed by atoms with Gasteiger partial charge in [0.25, 0.3) is 0 Å². The second-order valence-electron chi connectivity index (χ2n) is 9.21. The fourth-order valence-electron chi connectivity index (χ4n) is 4.50. The Morgan fingerprint density at radius 1 is 0.970 bits per heavy atom. The van der Waals surface area contributed by atoms with Gasteiger partial charge in [0.1, 0.15) is 0 Å². The second-order valence-corrected chi connectivity index (χ2v) is 10.9. The summed E-state index contributed by atoms with van der Waals surface area (Å²) in [5.41, 5.74) is 4.12. The minimum Gasteiger partial charge on any atom is -0.342 e. The Bertz CT molecular complexity index is 1150. The average molecular weight is 470 g/mol. The number of hydrogen-bond acceptors (Lipinski definition) is 4. The first-order chi connectivity index (χ1) is 15.6. The van der Waals surface area contributed by atoms with Crippen molar-refractivity contribution in [3.63, 3.8) is 0 Å². The van der Waals surface area contributed by atoms with Gasteiger partial charge in [-0.15, -0.1) is 0 Å². The molecule has 2 amide bonds. The maximum Gasteiger partial charge on any atom is 0.240 e. The molecule has 33 heavy (non-hydrogen) atoms. The molecule has 2 heterocycles. The molecular weight excluding hydrogens is 438 g/mol. The van der Waals surface area contributed by atoms with Gasteiger partial charge in [0.2, 0.25) is 21.8 Å². The number of benzene rings is 2. The Labute approximate surface area is 195 Å². The zero-order valence-corrected chi connectivity index (χ0v) is 20.2. The Hall–Kier alpha value is -2.71. The maximum atomic E-state index is 13.1. The standard InChI is InChI=1S/C25H31N3O4S/c1-17-4-8-23(9-5-17)33(31,32)26-21-10-12-27(13-11-21)25(30)20-15-24(29)28(16-20)22-7-6-18(2)19(3)14-22/h4-9,14,20-21,26H,10-13,15-16H2,1-3H3/t20-/m0/s1. The monoisotopic (exact) mass is 469 g/mol. The van der Waals surface area contributed by atoms with E-state index in [1.807, 2.05) is 39.0 Å². The number of amides is 2. The number of piperidine rings is 1. The highest BCUT2D eigenvalue weighted by molar-refractivity contribution is 7.89. The van der Waals surface area contributed by atoms with Crippen LogP contribution < -0.4 is 9.62 Å². The van der Waals surface area contributed by atoms with Gasteiger partial charge in [-0.05, 0) is 69.0 Å². The summed E-state index contributed by atoms with van der Waals surface area (Å²) in [5, 5.41) is 0. The van der Waals surface area contributed by atoms with Gasteiger partial charge in [-0.3, -0.25) is 9.59 Å². The van der Waals surface area contributed by atoms with Crippen LogP contribution in [0.5, 0.6) is 0 Å². The van der Waals surface area contributed by atoms with Crippen molar-refractivity contribution in [3.05, 3.63) is 59.2 Å². The zero-order valence-electron chi connectivity index (χ0n) is 19.4. The summed E-state index contributed by atoms with van der Waals surface area (Å²) >= 11 is 0. The number of anilines is 1. The molecule has 2 aromatic rings. The summed E-state index contributed by atoms with van der Waals surface area (Å²) < 4.78 is 28.1. The van der Waals surface area contributed by atoms with Crippen LogP contribution in [0.3, 0.4) is 0 Å². The van der Waals surface area contributed by atoms with Crippen molar-refractivity contribution >= 4 is 27.5 Å². The molecule has 0 radical (unpaired) electrons. The first kappa shape index (κ1) is 23.4. The van der Waals surface area contributed by atoms with E-state index in [1.165, 1.54) is 5.56 Å². The molecule has 0 aromatic heterocycles. The van der Waals surface area contributed by atoms with Crippen molar-refractivity contribution in [3.8, 4) is 0 Å². The molecule has 8 heteroatoms. The fraction of sp³-hybridized carbons (Fsp3) is 0.440. The van der Waals surface area contributed by atoms with E-state index in [0.717, 1.165) is 16.8 Å². The van der Waals surface area contributed by atoms with E-state index in [0.29, 0.717) is 32.5 Å². The van der Waals surface area contributed by atoms with E-state index in [-0.39, 0.29) is 35.1 Å². The highest BCUT2D eigenvalue weighted by Gasteiger charge is 2.38. The van der Waals surface area contributed by atoms with E-state index in [4.69, 9.17) is 0 Å². The highest BCUT2D eigenvalue weighted by Crippen LogP contribution is 2.28. The lowest BCUT2D eigenvalue weighted by Gasteiger charge is -2.33. The Morgan fingerprint density at radius 2 is 1.64 bits per heavy atom. The molecular formula is C25H31N3O4S. The van der Waals surface area contributed by atoms with Crippen LogP contribution >= 0.6 is 0 Å². The topological polar surface area (TPSA) is 86.8 Å². The number of likely N-dealkylation sites (tertiary alicyclic amines) is 1. The van der Waals surface area contributed by atoms with Crippen LogP contribution in [0.2, 0.25) is 0 Å². The molecule has 0 bridgehead atoms. The minimum absolute atomic E-state index is 0.0190. The van der Waals surface area contributed by atoms with E-state index in [9.17, 15) is 18.0 Å². The molecule has 2 saturated heterocycles. The number of hydrogen-bond donors (Lipinski definition) is 1. The average Bonchev–Trinajstić information content (AvgIpc) is 3.17. The predicted octanol–water partition coefficient (Wildman–Crippen LogP) is 2.93. The molecule has 2 aliphatic heterocycles. The third-order valence-electron chi connectivity index (χ3n) is 6.74. The zero-order chi connectivity index (χ0) is 23.8. The molecule has 0 saturated carbocycles. The second kappa shape index (κ2) is 9.27. The summed E-state index contributed by atoms with van der Waals surface area (Å²) in [6, 6.07) is 12.5. The normalized spacial score (nSPS) is 19.8. The lowest BCUT2D eigenvalue weighted by atomic mass is 10.0. The number of rotatable bonds is 5. The van der Waals surface area contributed by atoms with Gasteiger partial charge >= 0.3 is 0 Å². The Balaban J connectivity index is 1.33. The van der Waals surface area contributed by atoms with Gasteiger partial charge < -0.3 is 9.80 Å². The maximum absolute atomic E-state index is 13.1. The van der Waals surface area contributed by atoms with Gasteiger partial charge in [0.15, 0.2) is 0 Å². The van der Waals surface area contributed by atoms with Gasteiger partial charge in [-0.25, -0.2) is 13.1 Å². The molecule has 7 nitrogen and oxygen atoms in total. The Morgan fingerprint density at radius 3 is 2.27 bits per heavy atom. The van der Waals surface area contributed by atoms with Crippen molar-refractivity contribution < 1.29 is 18.0 Å². The first-order valence-electron chi connectivity index (χ1n) is 11.4. The van der Waals surface area contributed by atoms with Crippen LogP contribution in [0.1, 0.15) is 36.0 Å². The molecule has 2 aliphatic rings. The third-order valence-corrected chi connectivity index (χ3v) is 8.27. The van der Waals surface area contributed by atoms with Gasteiger partial charge in [-0.2, -0.15) is 0 Å². The molecule has 4 rings (SSSR count). The van der Waals surface area contributed by atoms with Crippen LogP contribution in [0.4, 0.5) is 5.69 Å². The van der Waals surface area contributed by atoms with Gasteiger partial charge in [-0.1, -0.05) is 23.8 Å². The summed E-state index contributed by atoms with van der Waals surface area (Å²) in [4.78, 5) is 29.4. The van der Waals surface area contributed by atoms with Crippen LogP contribution in [-0.4, -0.2) is 50.8 Å². The number of sulfonamides is 1. The van der Waals surface area contributed by atoms with Crippen LogP contribution in [0.15, 0.2) is 47.4 Å². The predicted molar refractivity (Wildman–Crippen MR) is 127 cm³/mol. The summed E-state index contributed by atoms with van der Waals surface area (Å²) in [6.45, 7) is 7.30. The van der Waals surface area contributed by atoms with Crippen molar-refractivity contribution in [2.45, 2.75) is 51.0 Å². The van der Waals surface area contributed by atoms with Crippen molar-refractivity contribution in [1.29, 1.82) is 0 Å². The smallest absolute Gasteiger partial charge is 0.240 e. The molecule has 0 spiro atoms. The number of carbonyl (C=O) groups is 2.